The summed E-state index contributed by atoms with van der Waals surface area (Å²) in [5.41, 5.74) is 5.55. The van der Waals surface area contributed by atoms with Crippen LogP contribution in [0.3, 0.4) is 0 Å². The smallest absolute Gasteiger partial charge is 0.315 e. The van der Waals surface area contributed by atoms with Crippen LogP contribution in [0.25, 0.3) is 0 Å². The molecule has 1 heterocycles. The Balaban J connectivity index is 2.64. The van der Waals surface area contributed by atoms with Gasteiger partial charge in [-0.15, -0.1) is 0 Å². The second-order valence-electron chi connectivity index (χ2n) is 4.44. The minimum Gasteiger partial charge on any atom is -0.337 e. The maximum atomic E-state index is 12.1. The lowest BCUT2D eigenvalue weighted by Crippen LogP contribution is -2.55. The first kappa shape index (κ1) is 11.4. The maximum Gasteiger partial charge on any atom is 0.315 e. The first-order valence-corrected chi connectivity index (χ1v) is 4.67. The van der Waals surface area contributed by atoms with Crippen molar-refractivity contribution in [2.75, 3.05) is 13.1 Å². The fourth-order valence-corrected chi connectivity index (χ4v) is 1.70. The zero-order valence-corrected chi connectivity index (χ0v) is 8.46. The topological polar surface area (TPSA) is 46.3 Å². The van der Waals surface area contributed by atoms with Crippen LogP contribution in [0.5, 0.6) is 0 Å². The number of piperidine rings is 1. The molecule has 0 bridgehead atoms. The van der Waals surface area contributed by atoms with Gasteiger partial charge in [0.25, 0.3) is 5.91 Å². The van der Waals surface area contributed by atoms with Gasteiger partial charge in [-0.05, 0) is 11.8 Å². The Morgan fingerprint density at radius 2 is 2.14 bits per heavy atom. The van der Waals surface area contributed by atoms with Gasteiger partial charge in [0, 0.05) is 19.1 Å². The Morgan fingerprint density at radius 3 is 2.57 bits per heavy atom. The van der Waals surface area contributed by atoms with E-state index in [0.29, 0.717) is 19.5 Å². The molecule has 0 spiro atoms. The number of halogens is 2. The van der Waals surface area contributed by atoms with Crippen molar-refractivity contribution in [3.8, 4) is 0 Å². The Kier molecular flexibility index (Phi) is 3.09. The molecule has 0 aromatic carbocycles. The average Bonchev–Trinajstić information content (AvgIpc) is 2.08. The number of hydrogen-bond acceptors (Lipinski definition) is 2. The summed E-state index contributed by atoms with van der Waals surface area (Å²) in [6.45, 7) is 4.44. The van der Waals surface area contributed by atoms with E-state index in [1.807, 2.05) is 13.8 Å². The third-order valence-electron chi connectivity index (χ3n) is 2.81. The molecule has 0 aliphatic carbocycles. The summed E-state index contributed by atoms with van der Waals surface area (Å²) in [5.74, 6) is -1.08. The van der Waals surface area contributed by atoms with E-state index in [0.717, 1.165) is 0 Å². The molecule has 0 aromatic rings. The summed E-state index contributed by atoms with van der Waals surface area (Å²) in [5, 5.41) is 0. The molecule has 2 N–H and O–H groups in total. The largest absolute Gasteiger partial charge is 0.337 e. The molecule has 1 aliphatic rings. The van der Waals surface area contributed by atoms with Gasteiger partial charge in [-0.2, -0.15) is 8.78 Å². The third-order valence-corrected chi connectivity index (χ3v) is 2.81. The summed E-state index contributed by atoms with van der Waals surface area (Å²) in [7, 11) is 0. The highest BCUT2D eigenvalue weighted by atomic mass is 19.3. The van der Waals surface area contributed by atoms with Gasteiger partial charge in [0.1, 0.15) is 0 Å². The molecule has 5 heteroatoms. The number of rotatable bonds is 1. The molecule has 1 saturated heterocycles. The molecular weight excluding hydrogens is 190 g/mol. The molecule has 1 unspecified atom stereocenters. The van der Waals surface area contributed by atoms with Crippen molar-refractivity contribution in [1.29, 1.82) is 0 Å². The van der Waals surface area contributed by atoms with Gasteiger partial charge in [0.15, 0.2) is 0 Å². The van der Waals surface area contributed by atoms with E-state index in [9.17, 15) is 13.6 Å². The van der Waals surface area contributed by atoms with E-state index in [2.05, 4.69) is 0 Å². The minimum atomic E-state index is -2.90. The van der Waals surface area contributed by atoms with E-state index in [1.165, 1.54) is 4.90 Å². The summed E-state index contributed by atoms with van der Waals surface area (Å²) in [4.78, 5) is 12.2. The third kappa shape index (κ3) is 2.20. The molecule has 1 aliphatic heterocycles. The van der Waals surface area contributed by atoms with Crippen molar-refractivity contribution in [3.05, 3.63) is 0 Å². The zero-order valence-electron chi connectivity index (χ0n) is 8.46. The van der Waals surface area contributed by atoms with Crippen LogP contribution in [0.1, 0.15) is 20.3 Å². The lowest BCUT2D eigenvalue weighted by molar-refractivity contribution is -0.146. The predicted molar refractivity (Wildman–Crippen MR) is 49.0 cm³/mol. The second-order valence-corrected chi connectivity index (χ2v) is 4.44. The highest BCUT2D eigenvalue weighted by Crippen LogP contribution is 2.28. The van der Waals surface area contributed by atoms with Gasteiger partial charge >= 0.3 is 6.43 Å². The van der Waals surface area contributed by atoms with Crippen molar-refractivity contribution < 1.29 is 13.6 Å². The molecule has 0 radical (unpaired) electrons. The molecular formula is C9H16F2N2O. The van der Waals surface area contributed by atoms with Crippen molar-refractivity contribution in [3.63, 3.8) is 0 Å². The first-order chi connectivity index (χ1) is 6.34. The highest BCUT2D eigenvalue weighted by Gasteiger charge is 2.37. The number of carbonyl (C=O) groups is 1. The van der Waals surface area contributed by atoms with Crippen LogP contribution in [0.4, 0.5) is 8.78 Å². The van der Waals surface area contributed by atoms with Gasteiger partial charge in [-0.3, -0.25) is 4.79 Å². The van der Waals surface area contributed by atoms with Gasteiger partial charge in [-0.1, -0.05) is 13.8 Å². The quantitative estimate of drug-likeness (QED) is 0.691. The SMILES string of the molecule is CC1(C)CN(C(=O)C(F)F)CCC1N. The normalized spacial score (nSPS) is 26.7. The lowest BCUT2D eigenvalue weighted by Gasteiger charge is -2.42. The number of nitrogens with zero attached hydrogens (tertiary/aromatic N) is 1. The standard InChI is InChI=1S/C9H16F2N2O/c1-9(2)5-13(4-3-6(9)12)8(14)7(10)11/h6-7H,3-5,12H2,1-2H3. The fraction of sp³-hybridized carbons (Fsp3) is 0.889. The number of alkyl halides is 2. The number of nitrogens with two attached hydrogens (primary N) is 1. The number of hydrogen-bond donors (Lipinski definition) is 1. The van der Waals surface area contributed by atoms with Crippen LogP contribution in [0.2, 0.25) is 0 Å². The lowest BCUT2D eigenvalue weighted by atomic mass is 9.80. The molecule has 3 nitrogen and oxygen atoms in total. The van der Waals surface area contributed by atoms with Gasteiger partial charge in [0.2, 0.25) is 0 Å². The first-order valence-electron chi connectivity index (χ1n) is 4.67. The van der Waals surface area contributed by atoms with Crippen LogP contribution in [0, 0.1) is 5.41 Å². The predicted octanol–water partition coefficient (Wildman–Crippen LogP) is 0.837. The molecule has 14 heavy (non-hydrogen) atoms. The maximum absolute atomic E-state index is 12.1. The minimum absolute atomic E-state index is 0.0239. The van der Waals surface area contributed by atoms with Crippen LogP contribution < -0.4 is 5.73 Å². The Hall–Kier alpha value is -0.710. The van der Waals surface area contributed by atoms with E-state index in [4.69, 9.17) is 5.73 Å². The van der Waals surface area contributed by atoms with E-state index in [-0.39, 0.29) is 11.5 Å². The average molecular weight is 206 g/mol. The van der Waals surface area contributed by atoms with Crippen LogP contribution in [0.15, 0.2) is 0 Å². The van der Waals surface area contributed by atoms with Gasteiger partial charge < -0.3 is 10.6 Å². The highest BCUT2D eigenvalue weighted by molar-refractivity contribution is 5.79. The van der Waals surface area contributed by atoms with Crippen molar-refractivity contribution >= 4 is 5.91 Å². The van der Waals surface area contributed by atoms with E-state index in [1.54, 1.807) is 0 Å². The molecule has 0 aromatic heterocycles. The Labute approximate surface area is 82.2 Å². The summed E-state index contributed by atoms with van der Waals surface area (Å²) >= 11 is 0. The van der Waals surface area contributed by atoms with Crippen molar-refractivity contribution in [1.82, 2.24) is 4.90 Å². The molecule has 1 atom stereocenters. The molecule has 1 rings (SSSR count). The van der Waals surface area contributed by atoms with Gasteiger partial charge in [0.05, 0.1) is 0 Å². The van der Waals surface area contributed by atoms with Crippen molar-refractivity contribution in [2.24, 2.45) is 11.1 Å². The summed E-state index contributed by atoms with van der Waals surface area (Å²) < 4.78 is 24.3. The second kappa shape index (κ2) is 3.81. The Morgan fingerprint density at radius 1 is 1.57 bits per heavy atom. The summed E-state index contributed by atoms with van der Waals surface area (Å²) in [6, 6.07) is -0.0239. The zero-order chi connectivity index (χ0) is 10.9. The number of amides is 1. The fourth-order valence-electron chi connectivity index (χ4n) is 1.70. The van der Waals surface area contributed by atoms with E-state index < -0.39 is 12.3 Å². The summed E-state index contributed by atoms with van der Waals surface area (Å²) in [6.07, 6.45) is -2.31. The van der Waals surface area contributed by atoms with E-state index >= 15 is 0 Å². The van der Waals surface area contributed by atoms with Crippen molar-refractivity contribution in [2.45, 2.75) is 32.7 Å². The molecule has 1 fully saturated rings. The van der Waals surface area contributed by atoms with Crippen LogP contribution >= 0.6 is 0 Å². The monoisotopic (exact) mass is 206 g/mol. The molecule has 82 valence electrons. The van der Waals surface area contributed by atoms with Crippen LogP contribution in [-0.2, 0) is 4.79 Å². The van der Waals surface area contributed by atoms with Gasteiger partial charge in [-0.25, -0.2) is 0 Å². The molecule has 1 amide bonds. The number of carbonyl (C=O) groups excluding carboxylic acids is 1. The Bertz CT molecular complexity index is 231. The van der Waals surface area contributed by atoms with Crippen LogP contribution in [-0.4, -0.2) is 36.4 Å². The molecule has 0 saturated carbocycles. The number of likely N-dealkylation sites (tertiary alicyclic amines) is 1.